The average Bonchev–Trinajstić information content (AvgIpc) is 3.45. The summed E-state index contributed by atoms with van der Waals surface area (Å²) in [6.45, 7) is 4.07. The number of rotatable bonds is 5. The van der Waals surface area contributed by atoms with Crippen molar-refractivity contribution in [3.63, 3.8) is 0 Å². The number of likely N-dealkylation sites (tertiary alicyclic amines) is 1. The van der Waals surface area contributed by atoms with Gasteiger partial charge >= 0.3 is 0 Å². The highest BCUT2D eigenvalue weighted by atomic mass is 35.5. The van der Waals surface area contributed by atoms with E-state index in [2.05, 4.69) is 50.5 Å². The van der Waals surface area contributed by atoms with Crippen molar-refractivity contribution in [2.45, 2.75) is 44.7 Å². The van der Waals surface area contributed by atoms with Crippen LogP contribution in [0.15, 0.2) is 30.3 Å². The quantitative estimate of drug-likeness (QED) is 0.630. The Bertz CT molecular complexity index is 936. The highest BCUT2D eigenvalue weighted by molar-refractivity contribution is 6.33. The highest BCUT2D eigenvalue weighted by Gasteiger charge is 2.29. The van der Waals surface area contributed by atoms with Crippen molar-refractivity contribution in [2.24, 2.45) is 5.92 Å². The van der Waals surface area contributed by atoms with Gasteiger partial charge < -0.3 is 0 Å². The molecule has 0 amide bonds. The Balaban J connectivity index is 1.32. The Hall–Kier alpha value is -2.05. The fourth-order valence-electron chi connectivity index (χ4n) is 4.02. The molecule has 1 aliphatic carbocycles. The molecule has 1 atom stereocenters. The predicted molar refractivity (Wildman–Crippen MR) is 105 cm³/mol. The Kier molecular flexibility index (Phi) is 4.53. The normalized spacial score (nSPS) is 21.0. The number of halogens is 1. The first-order valence-electron chi connectivity index (χ1n) is 9.79. The second kappa shape index (κ2) is 7.17. The Morgan fingerprint density at radius 1 is 1.07 bits per heavy atom. The number of nitrogens with zero attached hydrogens (tertiary/aromatic N) is 6. The monoisotopic (exact) mass is 382 g/mol. The van der Waals surface area contributed by atoms with Crippen LogP contribution in [0.1, 0.15) is 43.0 Å². The van der Waals surface area contributed by atoms with Crippen molar-refractivity contribution in [1.29, 1.82) is 0 Å². The van der Waals surface area contributed by atoms with Crippen molar-refractivity contribution >= 4 is 22.8 Å². The third kappa shape index (κ3) is 3.69. The molecule has 1 saturated heterocycles. The molecule has 0 N–H and O–H groups in total. The number of fused-ring (bicyclic) bond motifs is 1. The number of benzene rings is 1. The minimum absolute atomic E-state index is 0.433. The first kappa shape index (κ1) is 17.1. The van der Waals surface area contributed by atoms with Gasteiger partial charge in [-0.25, -0.2) is 14.6 Å². The molecule has 6 nitrogen and oxygen atoms in total. The molecule has 0 spiro atoms. The number of hydrogen-bond acceptors (Lipinski definition) is 5. The molecule has 2 aliphatic rings. The van der Waals surface area contributed by atoms with Gasteiger partial charge in [0.05, 0.1) is 0 Å². The standard InChI is InChI=1S/C20H23ClN6/c21-18-17-20(23-19(22-18)16-8-9-16)27(25-24-17)13-15-7-4-10-26(12-15)11-14-5-2-1-3-6-14/h1-3,5-6,15-16H,4,7-13H2. The van der Waals surface area contributed by atoms with E-state index < -0.39 is 0 Å². The third-order valence-corrected chi connectivity index (χ3v) is 5.83. The molecular formula is C20H23ClN6. The molecule has 0 bridgehead atoms. The molecule has 1 aromatic carbocycles. The highest BCUT2D eigenvalue weighted by Crippen LogP contribution is 2.39. The van der Waals surface area contributed by atoms with Gasteiger partial charge in [-0.3, -0.25) is 4.90 Å². The van der Waals surface area contributed by atoms with Crippen LogP contribution in [0, 0.1) is 5.92 Å². The molecule has 5 rings (SSSR count). The summed E-state index contributed by atoms with van der Waals surface area (Å²) in [5.41, 5.74) is 2.79. The summed E-state index contributed by atoms with van der Waals surface area (Å²) in [6, 6.07) is 10.7. The van der Waals surface area contributed by atoms with Gasteiger partial charge in [-0.05, 0) is 43.7 Å². The van der Waals surface area contributed by atoms with E-state index in [0.29, 0.717) is 22.5 Å². The first-order valence-corrected chi connectivity index (χ1v) is 10.2. The van der Waals surface area contributed by atoms with Crippen LogP contribution < -0.4 is 0 Å². The number of hydrogen-bond donors (Lipinski definition) is 0. The van der Waals surface area contributed by atoms with Gasteiger partial charge in [0, 0.05) is 25.6 Å². The molecule has 0 radical (unpaired) electrons. The number of aromatic nitrogens is 5. The van der Waals surface area contributed by atoms with Crippen molar-refractivity contribution in [1.82, 2.24) is 29.9 Å². The summed E-state index contributed by atoms with van der Waals surface area (Å²) < 4.78 is 1.94. The van der Waals surface area contributed by atoms with E-state index in [0.717, 1.165) is 50.5 Å². The Labute approximate surface area is 163 Å². The summed E-state index contributed by atoms with van der Waals surface area (Å²) in [4.78, 5) is 11.7. The van der Waals surface area contributed by atoms with E-state index >= 15 is 0 Å². The van der Waals surface area contributed by atoms with Crippen LogP contribution in [0.25, 0.3) is 11.2 Å². The molecule has 2 fully saturated rings. The zero-order valence-electron chi connectivity index (χ0n) is 15.3. The molecule has 1 aliphatic heterocycles. The zero-order chi connectivity index (χ0) is 18.2. The van der Waals surface area contributed by atoms with E-state index in [1.807, 2.05) is 4.68 Å². The topological polar surface area (TPSA) is 59.7 Å². The smallest absolute Gasteiger partial charge is 0.183 e. The van der Waals surface area contributed by atoms with Crippen LogP contribution in [0.5, 0.6) is 0 Å². The summed E-state index contributed by atoms with van der Waals surface area (Å²) in [5, 5.41) is 9.01. The molecule has 27 heavy (non-hydrogen) atoms. The molecule has 2 aromatic heterocycles. The predicted octanol–water partition coefficient (Wildman–Crippen LogP) is 3.66. The summed E-state index contributed by atoms with van der Waals surface area (Å²) in [5.74, 6) is 1.86. The zero-order valence-corrected chi connectivity index (χ0v) is 16.0. The average molecular weight is 383 g/mol. The minimum Gasteiger partial charge on any atom is -0.299 e. The Morgan fingerprint density at radius 3 is 2.74 bits per heavy atom. The van der Waals surface area contributed by atoms with Gasteiger partial charge in [0.15, 0.2) is 16.3 Å². The second-order valence-electron chi connectivity index (χ2n) is 7.82. The van der Waals surface area contributed by atoms with Gasteiger partial charge in [-0.2, -0.15) is 0 Å². The fourth-order valence-corrected chi connectivity index (χ4v) is 4.23. The minimum atomic E-state index is 0.433. The lowest BCUT2D eigenvalue weighted by atomic mass is 9.97. The fraction of sp³-hybridized carbons (Fsp3) is 0.500. The molecular weight excluding hydrogens is 360 g/mol. The maximum atomic E-state index is 6.33. The largest absolute Gasteiger partial charge is 0.299 e. The van der Waals surface area contributed by atoms with E-state index in [1.54, 1.807) is 0 Å². The van der Waals surface area contributed by atoms with Gasteiger partial charge in [-0.15, -0.1) is 5.10 Å². The molecule has 1 unspecified atom stereocenters. The molecule has 7 heteroatoms. The molecule has 1 saturated carbocycles. The van der Waals surface area contributed by atoms with Crippen LogP contribution >= 0.6 is 11.6 Å². The van der Waals surface area contributed by atoms with Gasteiger partial charge in [-0.1, -0.05) is 47.1 Å². The van der Waals surface area contributed by atoms with Crippen LogP contribution in [-0.2, 0) is 13.1 Å². The maximum Gasteiger partial charge on any atom is 0.183 e. The van der Waals surface area contributed by atoms with Gasteiger partial charge in [0.25, 0.3) is 0 Å². The van der Waals surface area contributed by atoms with E-state index in [1.165, 1.54) is 18.4 Å². The van der Waals surface area contributed by atoms with Crippen molar-refractivity contribution in [3.05, 3.63) is 46.9 Å². The second-order valence-corrected chi connectivity index (χ2v) is 8.18. The third-order valence-electron chi connectivity index (χ3n) is 5.56. The van der Waals surface area contributed by atoms with E-state index in [9.17, 15) is 0 Å². The van der Waals surface area contributed by atoms with Crippen LogP contribution in [0.4, 0.5) is 0 Å². The Morgan fingerprint density at radius 2 is 1.93 bits per heavy atom. The van der Waals surface area contributed by atoms with E-state index in [4.69, 9.17) is 16.6 Å². The van der Waals surface area contributed by atoms with E-state index in [-0.39, 0.29) is 0 Å². The van der Waals surface area contributed by atoms with Crippen LogP contribution in [0.3, 0.4) is 0 Å². The molecule has 3 aromatic rings. The lowest BCUT2D eigenvalue weighted by Gasteiger charge is -2.32. The number of piperidine rings is 1. The van der Waals surface area contributed by atoms with Gasteiger partial charge in [0.1, 0.15) is 5.82 Å². The SMILES string of the molecule is Clc1nc(C2CC2)nc2c1nnn2CC1CCCN(Cc2ccccc2)C1. The van der Waals surface area contributed by atoms with Crippen molar-refractivity contribution in [2.75, 3.05) is 13.1 Å². The lowest BCUT2D eigenvalue weighted by molar-refractivity contribution is 0.153. The lowest BCUT2D eigenvalue weighted by Crippen LogP contribution is -2.36. The van der Waals surface area contributed by atoms with Crippen LogP contribution in [-0.4, -0.2) is 43.0 Å². The van der Waals surface area contributed by atoms with Gasteiger partial charge in [0.2, 0.25) is 0 Å². The molecule has 140 valence electrons. The maximum absolute atomic E-state index is 6.33. The van der Waals surface area contributed by atoms with Crippen LogP contribution in [0.2, 0.25) is 5.15 Å². The molecule has 3 heterocycles. The summed E-state index contributed by atoms with van der Waals surface area (Å²) >= 11 is 6.33. The summed E-state index contributed by atoms with van der Waals surface area (Å²) in [7, 11) is 0. The van der Waals surface area contributed by atoms with Crippen molar-refractivity contribution in [3.8, 4) is 0 Å². The van der Waals surface area contributed by atoms with Crippen molar-refractivity contribution < 1.29 is 0 Å². The first-order chi connectivity index (χ1) is 13.3. The summed E-state index contributed by atoms with van der Waals surface area (Å²) in [6.07, 6.45) is 4.73.